The van der Waals surface area contributed by atoms with Gasteiger partial charge in [0.1, 0.15) is 5.82 Å². The van der Waals surface area contributed by atoms with Crippen molar-refractivity contribution in [1.82, 2.24) is 19.5 Å². The third-order valence-electron chi connectivity index (χ3n) is 6.14. The van der Waals surface area contributed by atoms with E-state index in [1.54, 1.807) is 16.9 Å². The van der Waals surface area contributed by atoms with Crippen molar-refractivity contribution in [3.63, 3.8) is 0 Å². The van der Waals surface area contributed by atoms with Crippen molar-refractivity contribution in [2.24, 2.45) is 5.92 Å². The molecule has 2 amide bonds. The molecule has 2 saturated heterocycles. The molecule has 0 radical (unpaired) electrons. The first-order chi connectivity index (χ1) is 14.5. The first-order valence-electron chi connectivity index (χ1n) is 10.1. The van der Waals surface area contributed by atoms with E-state index < -0.39 is 5.82 Å². The van der Waals surface area contributed by atoms with Crippen LogP contribution in [0.2, 0.25) is 0 Å². The molecule has 1 aromatic carbocycles. The molecule has 8 heteroatoms. The van der Waals surface area contributed by atoms with Gasteiger partial charge < -0.3 is 10.2 Å². The van der Waals surface area contributed by atoms with Crippen molar-refractivity contribution in [3.05, 3.63) is 48.0 Å². The van der Waals surface area contributed by atoms with Crippen LogP contribution < -0.4 is 5.32 Å². The third kappa shape index (κ3) is 3.07. The van der Waals surface area contributed by atoms with E-state index >= 15 is 0 Å². The van der Waals surface area contributed by atoms with Crippen LogP contribution in [0.25, 0.3) is 16.9 Å². The fourth-order valence-corrected chi connectivity index (χ4v) is 4.76. The largest absolute Gasteiger partial charge is 0.322 e. The van der Waals surface area contributed by atoms with Crippen molar-refractivity contribution in [3.8, 4) is 17.5 Å². The van der Waals surface area contributed by atoms with E-state index in [1.807, 2.05) is 17.0 Å². The zero-order chi connectivity index (χ0) is 20.8. The van der Waals surface area contributed by atoms with Crippen LogP contribution in [0.15, 0.2) is 36.7 Å². The van der Waals surface area contributed by atoms with Gasteiger partial charge in [0.15, 0.2) is 5.82 Å². The van der Waals surface area contributed by atoms with Crippen molar-refractivity contribution < 1.29 is 9.18 Å². The summed E-state index contributed by atoms with van der Waals surface area (Å²) in [5, 5.41) is 16.4. The van der Waals surface area contributed by atoms with E-state index in [0.717, 1.165) is 24.8 Å². The number of benzene rings is 1. The minimum Gasteiger partial charge on any atom is -0.318 e. The minimum atomic E-state index is -0.571. The second kappa shape index (κ2) is 7.10. The lowest BCUT2D eigenvalue weighted by atomic mass is 9.74. The molecule has 7 nitrogen and oxygen atoms in total. The van der Waals surface area contributed by atoms with E-state index in [9.17, 15) is 9.18 Å². The number of hydrogen-bond acceptors (Lipinski definition) is 4. The first-order valence-corrected chi connectivity index (χ1v) is 10.1. The van der Waals surface area contributed by atoms with Crippen LogP contribution in [0.1, 0.15) is 31.7 Å². The Bertz CT molecular complexity index is 1170. The molecule has 2 bridgehead atoms. The minimum absolute atomic E-state index is 0.0156. The highest BCUT2D eigenvalue weighted by molar-refractivity contribution is 5.91. The number of piperidine rings is 1. The number of carbonyl (C=O) groups is 1. The number of fused-ring (bicyclic) bond motifs is 3. The van der Waals surface area contributed by atoms with E-state index in [1.165, 1.54) is 12.1 Å². The van der Waals surface area contributed by atoms with Crippen LogP contribution in [-0.2, 0) is 6.42 Å². The van der Waals surface area contributed by atoms with Gasteiger partial charge in [-0.1, -0.05) is 6.92 Å². The number of aromatic nitrogens is 3. The predicted molar refractivity (Wildman–Crippen MR) is 109 cm³/mol. The van der Waals surface area contributed by atoms with E-state index in [2.05, 4.69) is 28.4 Å². The van der Waals surface area contributed by atoms with Crippen molar-refractivity contribution in [1.29, 1.82) is 5.26 Å². The monoisotopic (exact) mass is 404 g/mol. The molecule has 3 aromatic rings. The van der Waals surface area contributed by atoms with Crippen LogP contribution in [0.3, 0.4) is 0 Å². The highest BCUT2D eigenvalue weighted by Crippen LogP contribution is 2.41. The van der Waals surface area contributed by atoms with Crippen LogP contribution in [0.4, 0.5) is 14.9 Å². The number of nitrogens with one attached hydrogen (secondary N) is 1. The topological polar surface area (TPSA) is 86.3 Å². The standard InChI is InChI=1S/C22H21FN6O/c1-13-7-16-10-17(8-13)29(16)22(30)26-20-11-18(14(4-5-24)9-19(20)23)21-25-12-15-3-2-6-28(15)27-21/h2-3,6,9,11-13,16-17H,4,7-8,10H2,1H3,(H,26,30). The van der Waals surface area contributed by atoms with Gasteiger partial charge in [-0.2, -0.15) is 5.26 Å². The molecule has 2 aliphatic heterocycles. The zero-order valence-electron chi connectivity index (χ0n) is 16.5. The molecule has 4 heterocycles. The molecule has 3 fully saturated rings. The summed E-state index contributed by atoms with van der Waals surface area (Å²) in [4.78, 5) is 19.0. The molecule has 2 unspecified atom stereocenters. The van der Waals surface area contributed by atoms with Crippen molar-refractivity contribution >= 4 is 17.2 Å². The summed E-state index contributed by atoms with van der Waals surface area (Å²) in [7, 11) is 0. The summed E-state index contributed by atoms with van der Waals surface area (Å²) < 4.78 is 16.5. The van der Waals surface area contributed by atoms with Gasteiger partial charge in [-0.25, -0.2) is 18.7 Å². The molecule has 3 aliphatic rings. The normalized spacial score (nSPS) is 22.4. The Morgan fingerprint density at radius 2 is 2.13 bits per heavy atom. The maximum atomic E-state index is 14.8. The Hall–Kier alpha value is -3.47. The van der Waals surface area contributed by atoms with Gasteiger partial charge in [-0.15, -0.1) is 5.10 Å². The molecule has 6 rings (SSSR count). The summed E-state index contributed by atoms with van der Waals surface area (Å²) in [6, 6.07) is 8.80. The molecule has 1 N–H and O–H groups in total. The molecule has 152 valence electrons. The number of nitriles is 1. The summed E-state index contributed by atoms with van der Waals surface area (Å²) >= 11 is 0. The molecule has 2 aromatic heterocycles. The second-order valence-electron chi connectivity index (χ2n) is 8.24. The maximum absolute atomic E-state index is 14.8. The molecular formula is C22H21FN6O. The van der Waals surface area contributed by atoms with E-state index in [0.29, 0.717) is 22.9 Å². The number of hydrogen-bond donors (Lipinski definition) is 1. The number of halogens is 1. The molecule has 30 heavy (non-hydrogen) atoms. The Morgan fingerprint density at radius 1 is 1.33 bits per heavy atom. The number of urea groups is 1. The maximum Gasteiger partial charge on any atom is 0.322 e. The van der Waals surface area contributed by atoms with Gasteiger partial charge in [0.05, 0.1) is 29.9 Å². The summed E-state index contributed by atoms with van der Waals surface area (Å²) in [6.07, 6.45) is 6.48. The SMILES string of the molecule is CC1CC2CC(C1)N2C(=O)Nc1cc(-c2ncc3cccn3n2)c(CC#N)cc1F. The predicted octanol–water partition coefficient (Wildman–Crippen LogP) is 4.01. The second-order valence-corrected chi connectivity index (χ2v) is 8.24. The molecule has 2 atom stereocenters. The molecular weight excluding hydrogens is 383 g/mol. The molecule has 0 spiro atoms. The van der Waals surface area contributed by atoms with Gasteiger partial charge in [-0.05, 0) is 55.0 Å². The molecule has 1 aliphatic carbocycles. The summed E-state index contributed by atoms with van der Waals surface area (Å²) in [5.74, 6) is 0.416. The van der Waals surface area contributed by atoms with E-state index in [-0.39, 0.29) is 30.2 Å². The molecule has 1 saturated carbocycles. The van der Waals surface area contributed by atoms with Crippen LogP contribution >= 0.6 is 0 Å². The van der Waals surface area contributed by atoms with Gasteiger partial charge in [-0.3, -0.25) is 0 Å². The number of rotatable bonds is 3. The lowest BCUT2D eigenvalue weighted by Gasteiger charge is -2.54. The zero-order valence-corrected chi connectivity index (χ0v) is 16.5. The summed E-state index contributed by atoms with van der Waals surface area (Å²) in [6.45, 7) is 2.20. The lowest BCUT2D eigenvalue weighted by molar-refractivity contribution is -0.00603. The number of nitrogens with zero attached hydrogens (tertiary/aromatic N) is 5. The van der Waals surface area contributed by atoms with Crippen LogP contribution in [0.5, 0.6) is 0 Å². The third-order valence-corrected chi connectivity index (χ3v) is 6.14. The number of carbonyl (C=O) groups excluding carboxylic acids is 1. The van der Waals surface area contributed by atoms with Crippen molar-refractivity contribution in [2.45, 2.75) is 44.7 Å². The van der Waals surface area contributed by atoms with Gasteiger partial charge in [0.25, 0.3) is 0 Å². The Morgan fingerprint density at radius 3 is 2.90 bits per heavy atom. The average Bonchev–Trinajstić information content (AvgIpc) is 3.17. The fraction of sp³-hybridized carbons (Fsp3) is 0.364. The Balaban J connectivity index is 1.48. The Labute approximate surface area is 173 Å². The average molecular weight is 404 g/mol. The van der Waals surface area contributed by atoms with Crippen LogP contribution in [-0.4, -0.2) is 37.6 Å². The van der Waals surface area contributed by atoms with E-state index in [4.69, 9.17) is 5.26 Å². The smallest absolute Gasteiger partial charge is 0.318 e. The van der Waals surface area contributed by atoms with Gasteiger partial charge in [0, 0.05) is 23.8 Å². The fourth-order valence-electron chi connectivity index (χ4n) is 4.76. The quantitative estimate of drug-likeness (QED) is 0.715. The first kappa shape index (κ1) is 18.6. The van der Waals surface area contributed by atoms with Crippen LogP contribution in [0, 0.1) is 23.1 Å². The Kier molecular flexibility index (Phi) is 4.39. The van der Waals surface area contributed by atoms with Gasteiger partial charge in [0.2, 0.25) is 0 Å². The number of amides is 2. The lowest BCUT2D eigenvalue weighted by Crippen LogP contribution is -2.63. The summed E-state index contributed by atoms with van der Waals surface area (Å²) in [5.41, 5.74) is 1.91. The van der Waals surface area contributed by atoms with Gasteiger partial charge >= 0.3 is 6.03 Å². The number of anilines is 1. The highest BCUT2D eigenvalue weighted by Gasteiger charge is 2.46. The van der Waals surface area contributed by atoms with Crippen molar-refractivity contribution in [2.75, 3.05) is 5.32 Å². The highest BCUT2D eigenvalue weighted by atomic mass is 19.1.